The lowest BCUT2D eigenvalue weighted by molar-refractivity contribution is -0.143. The Morgan fingerprint density at radius 2 is 1.67 bits per heavy atom. The van der Waals surface area contributed by atoms with Gasteiger partial charge in [0.25, 0.3) is 5.91 Å². The van der Waals surface area contributed by atoms with Crippen LogP contribution >= 0.6 is 23.2 Å². The summed E-state index contributed by atoms with van der Waals surface area (Å²) >= 11 is 12.5. The van der Waals surface area contributed by atoms with E-state index >= 15 is 0 Å². The lowest BCUT2D eigenvalue weighted by Crippen LogP contribution is -2.53. The molecule has 0 spiro atoms. The lowest BCUT2D eigenvalue weighted by atomic mass is 9.94. The van der Waals surface area contributed by atoms with E-state index in [9.17, 15) is 9.59 Å². The van der Waals surface area contributed by atoms with Crippen LogP contribution in [0.2, 0.25) is 10.0 Å². The fourth-order valence-corrected chi connectivity index (χ4v) is 5.34. The van der Waals surface area contributed by atoms with E-state index in [4.69, 9.17) is 27.9 Å². The van der Waals surface area contributed by atoms with Crippen LogP contribution in [0.5, 0.6) is 5.75 Å². The Morgan fingerprint density at radius 3 is 2.38 bits per heavy atom. The third kappa shape index (κ3) is 8.23. The number of hydrogen-bond acceptors (Lipinski definition) is 3. The molecule has 0 saturated heterocycles. The molecule has 0 heterocycles. The zero-order valence-corrected chi connectivity index (χ0v) is 24.1. The minimum atomic E-state index is -0.724. The zero-order chi connectivity index (χ0) is 27.8. The fourth-order valence-electron chi connectivity index (χ4n) is 5.02. The molecule has 1 atom stereocenters. The smallest absolute Gasteiger partial charge is 0.261 e. The highest BCUT2D eigenvalue weighted by molar-refractivity contribution is 6.42. The molecule has 5 nitrogen and oxygen atoms in total. The Hall–Kier alpha value is -3.02. The van der Waals surface area contributed by atoms with Crippen molar-refractivity contribution in [3.63, 3.8) is 0 Å². The summed E-state index contributed by atoms with van der Waals surface area (Å²) < 4.78 is 6.00. The van der Waals surface area contributed by atoms with Crippen molar-refractivity contribution >= 4 is 35.0 Å². The highest BCUT2D eigenvalue weighted by Crippen LogP contribution is 2.25. The Morgan fingerprint density at radius 1 is 0.923 bits per heavy atom. The minimum Gasteiger partial charge on any atom is -0.483 e. The second kappa shape index (κ2) is 13.9. The van der Waals surface area contributed by atoms with E-state index in [1.807, 2.05) is 68.4 Å². The van der Waals surface area contributed by atoms with Gasteiger partial charge in [-0.2, -0.15) is 0 Å². The topological polar surface area (TPSA) is 58.6 Å². The zero-order valence-electron chi connectivity index (χ0n) is 22.6. The molecule has 4 rings (SSSR count). The van der Waals surface area contributed by atoms with E-state index in [0.717, 1.165) is 47.9 Å². The third-order valence-electron chi connectivity index (χ3n) is 7.25. The molecule has 1 saturated carbocycles. The molecular weight excluding hydrogens is 531 g/mol. The maximum Gasteiger partial charge on any atom is 0.261 e. The first kappa shape index (κ1) is 29.0. The molecular formula is C32H36Cl2N2O3. The van der Waals surface area contributed by atoms with Crippen molar-refractivity contribution in [1.29, 1.82) is 0 Å². The van der Waals surface area contributed by atoms with E-state index in [1.165, 1.54) is 6.42 Å². The third-order valence-corrected chi connectivity index (χ3v) is 7.99. The average molecular weight is 568 g/mol. The molecule has 1 aliphatic carbocycles. The van der Waals surface area contributed by atoms with E-state index in [2.05, 4.69) is 5.32 Å². The number of carbonyl (C=O) groups is 2. The van der Waals surface area contributed by atoms with Gasteiger partial charge in [0, 0.05) is 19.0 Å². The van der Waals surface area contributed by atoms with Gasteiger partial charge >= 0.3 is 0 Å². The summed E-state index contributed by atoms with van der Waals surface area (Å²) in [4.78, 5) is 29.3. The quantitative estimate of drug-likeness (QED) is 0.285. The van der Waals surface area contributed by atoms with E-state index in [1.54, 1.807) is 17.0 Å². The number of amides is 2. The van der Waals surface area contributed by atoms with Gasteiger partial charge in [0.05, 0.1) is 10.0 Å². The minimum absolute atomic E-state index is 0.123. The van der Waals surface area contributed by atoms with Crippen molar-refractivity contribution in [3.05, 3.63) is 99.0 Å². The van der Waals surface area contributed by atoms with Crippen LogP contribution in [0.25, 0.3) is 0 Å². The SMILES string of the molecule is Cc1ccc(C)c(OCC(=O)N(Cc2ccc(Cl)c(Cl)c2)[C@H](Cc2ccccc2)C(=O)NC2CCCCC2)c1. The number of halogens is 2. The van der Waals surface area contributed by atoms with E-state index in [-0.39, 0.29) is 31.0 Å². The first-order valence-electron chi connectivity index (χ1n) is 13.6. The van der Waals surface area contributed by atoms with Crippen molar-refractivity contribution in [1.82, 2.24) is 10.2 Å². The maximum atomic E-state index is 13.9. The normalized spacial score (nSPS) is 14.5. The summed E-state index contributed by atoms with van der Waals surface area (Å²) in [5.74, 6) is 0.233. The first-order chi connectivity index (χ1) is 18.8. The van der Waals surface area contributed by atoms with Crippen LogP contribution in [0.4, 0.5) is 0 Å². The number of hydrogen-bond donors (Lipinski definition) is 1. The number of nitrogens with one attached hydrogen (secondary N) is 1. The van der Waals surface area contributed by atoms with Crippen molar-refractivity contribution in [2.45, 2.75) is 71.0 Å². The van der Waals surface area contributed by atoms with Gasteiger partial charge in [-0.1, -0.05) is 91.0 Å². The summed E-state index contributed by atoms with van der Waals surface area (Å²) in [6, 6.07) is 20.4. The summed E-state index contributed by atoms with van der Waals surface area (Å²) in [5, 5.41) is 4.09. The van der Waals surface area contributed by atoms with Gasteiger partial charge in [0.15, 0.2) is 6.61 Å². The Balaban J connectivity index is 1.64. The molecule has 2 amide bonds. The Kier molecular flexibility index (Phi) is 10.3. The fraction of sp³-hybridized carbons (Fsp3) is 0.375. The number of carbonyl (C=O) groups excluding carboxylic acids is 2. The first-order valence-corrected chi connectivity index (χ1v) is 14.3. The molecule has 0 bridgehead atoms. The monoisotopic (exact) mass is 566 g/mol. The molecule has 39 heavy (non-hydrogen) atoms. The van der Waals surface area contributed by atoms with Gasteiger partial charge in [0.2, 0.25) is 5.91 Å². The standard InChI is InChI=1S/C32H36Cl2N2O3/c1-22-13-14-23(2)30(17-22)39-21-31(37)36(20-25-15-16-27(33)28(34)18-25)29(19-24-9-5-3-6-10-24)32(38)35-26-11-7-4-8-12-26/h3,5-6,9-10,13-18,26,29H,4,7-8,11-12,19-21H2,1-2H3,(H,35,38)/t29-/m1/s1. The Bertz CT molecular complexity index is 1280. The molecule has 1 aliphatic rings. The number of aryl methyl sites for hydroxylation is 2. The molecule has 206 valence electrons. The van der Waals surface area contributed by atoms with Crippen LogP contribution in [0, 0.1) is 13.8 Å². The van der Waals surface area contributed by atoms with Crippen molar-refractivity contribution in [2.24, 2.45) is 0 Å². The van der Waals surface area contributed by atoms with Gasteiger partial charge in [0.1, 0.15) is 11.8 Å². The highest BCUT2D eigenvalue weighted by atomic mass is 35.5. The summed E-state index contributed by atoms with van der Waals surface area (Å²) in [7, 11) is 0. The maximum absolute atomic E-state index is 13.9. The van der Waals surface area contributed by atoms with Gasteiger partial charge in [-0.05, 0) is 67.1 Å². The van der Waals surface area contributed by atoms with Gasteiger partial charge in [-0.15, -0.1) is 0 Å². The number of ether oxygens (including phenoxy) is 1. The predicted molar refractivity (Wildman–Crippen MR) is 157 cm³/mol. The van der Waals surface area contributed by atoms with Crippen LogP contribution in [-0.4, -0.2) is 35.4 Å². The van der Waals surface area contributed by atoms with E-state index in [0.29, 0.717) is 22.2 Å². The van der Waals surface area contributed by atoms with Crippen LogP contribution in [0.1, 0.15) is 54.4 Å². The van der Waals surface area contributed by atoms with Gasteiger partial charge in [-0.3, -0.25) is 9.59 Å². The van der Waals surface area contributed by atoms with Crippen molar-refractivity contribution in [2.75, 3.05) is 6.61 Å². The Labute approximate surface area is 241 Å². The van der Waals surface area contributed by atoms with E-state index < -0.39 is 6.04 Å². The van der Waals surface area contributed by atoms with Crippen LogP contribution < -0.4 is 10.1 Å². The molecule has 1 N–H and O–H groups in total. The molecule has 3 aromatic rings. The number of benzene rings is 3. The summed E-state index contributed by atoms with van der Waals surface area (Å²) in [6.45, 7) is 3.94. The van der Waals surface area contributed by atoms with Gasteiger partial charge in [-0.25, -0.2) is 0 Å². The number of nitrogens with zero attached hydrogens (tertiary/aromatic N) is 1. The second-order valence-corrected chi connectivity index (χ2v) is 11.2. The molecule has 1 fully saturated rings. The largest absolute Gasteiger partial charge is 0.483 e. The number of rotatable bonds is 10. The predicted octanol–water partition coefficient (Wildman–Crippen LogP) is 7.08. The van der Waals surface area contributed by atoms with Gasteiger partial charge < -0.3 is 15.0 Å². The van der Waals surface area contributed by atoms with Crippen LogP contribution in [0.3, 0.4) is 0 Å². The summed E-state index contributed by atoms with van der Waals surface area (Å²) in [6.07, 6.45) is 5.70. The molecule has 0 unspecified atom stereocenters. The van der Waals surface area contributed by atoms with Crippen molar-refractivity contribution < 1.29 is 14.3 Å². The molecule has 0 aliphatic heterocycles. The second-order valence-electron chi connectivity index (χ2n) is 10.4. The molecule has 3 aromatic carbocycles. The molecule has 0 radical (unpaired) electrons. The molecule has 7 heteroatoms. The lowest BCUT2D eigenvalue weighted by Gasteiger charge is -2.33. The van der Waals surface area contributed by atoms with Crippen LogP contribution in [-0.2, 0) is 22.6 Å². The average Bonchev–Trinajstić information content (AvgIpc) is 2.94. The van der Waals surface area contributed by atoms with Crippen molar-refractivity contribution in [3.8, 4) is 5.75 Å². The van der Waals surface area contributed by atoms with Crippen LogP contribution in [0.15, 0.2) is 66.7 Å². The highest BCUT2D eigenvalue weighted by Gasteiger charge is 2.32. The molecule has 0 aromatic heterocycles. The summed E-state index contributed by atoms with van der Waals surface area (Å²) in [5.41, 5.74) is 3.75.